The molecule has 0 aromatic carbocycles. The summed E-state index contributed by atoms with van der Waals surface area (Å²) in [6.45, 7) is 3.08. The molecule has 0 aliphatic heterocycles. The highest BCUT2D eigenvalue weighted by molar-refractivity contribution is 5.86. The van der Waals surface area contributed by atoms with Crippen LogP contribution in [0.25, 0.3) is 0 Å². The molecular weight excluding hydrogens is 492 g/mol. The summed E-state index contributed by atoms with van der Waals surface area (Å²) in [5.74, 6) is -0.827. The van der Waals surface area contributed by atoms with Crippen molar-refractivity contribution in [3.8, 4) is 0 Å². The first-order valence-corrected chi connectivity index (χ1v) is 15.8. The number of guanidine groups is 1. The number of nitrogens with zero attached hydrogens (tertiary/aromatic N) is 1. The molecule has 1 atom stereocenters. The molecule has 0 fully saturated rings. The number of amides is 3. The van der Waals surface area contributed by atoms with Gasteiger partial charge in [-0.05, 0) is 25.7 Å². The molecule has 228 valence electrons. The molecule has 0 bridgehead atoms. The summed E-state index contributed by atoms with van der Waals surface area (Å²) in [5, 5.41) is 5.51. The van der Waals surface area contributed by atoms with Crippen LogP contribution in [-0.4, -0.2) is 42.8 Å². The molecule has 0 radical (unpaired) electrons. The maximum absolute atomic E-state index is 12.1. The Balaban J connectivity index is 3.52. The minimum absolute atomic E-state index is 0.0123. The highest BCUT2D eigenvalue weighted by Gasteiger charge is 2.17. The van der Waals surface area contributed by atoms with E-state index >= 15 is 0 Å². The highest BCUT2D eigenvalue weighted by Crippen LogP contribution is 2.14. The maximum Gasteiger partial charge on any atom is 0.240 e. The monoisotopic (exact) mass is 552 g/mol. The summed E-state index contributed by atoms with van der Waals surface area (Å²) in [7, 11) is 0. The van der Waals surface area contributed by atoms with E-state index in [-0.39, 0.29) is 24.2 Å². The van der Waals surface area contributed by atoms with Crippen molar-refractivity contribution in [2.45, 2.75) is 154 Å². The Hall–Kier alpha value is -2.32. The second-order valence-corrected chi connectivity index (χ2v) is 10.8. The predicted molar refractivity (Wildman–Crippen MR) is 162 cm³/mol. The molecule has 3 amide bonds. The Kier molecular flexibility index (Phi) is 25.6. The smallest absolute Gasteiger partial charge is 0.240 e. The number of nitrogens with one attached hydrogen (secondary N) is 2. The van der Waals surface area contributed by atoms with E-state index in [1.54, 1.807) is 0 Å². The van der Waals surface area contributed by atoms with Crippen LogP contribution in [0.4, 0.5) is 0 Å². The van der Waals surface area contributed by atoms with E-state index in [4.69, 9.17) is 17.2 Å². The van der Waals surface area contributed by atoms with Crippen LogP contribution < -0.4 is 27.8 Å². The average molecular weight is 553 g/mol. The lowest BCUT2D eigenvalue weighted by molar-refractivity contribution is -0.127. The van der Waals surface area contributed by atoms with E-state index in [2.05, 4.69) is 22.5 Å². The number of carbonyl (C=O) groups is 3. The second kappa shape index (κ2) is 27.3. The molecular formula is C30H60N6O3. The van der Waals surface area contributed by atoms with Crippen molar-refractivity contribution < 1.29 is 14.4 Å². The van der Waals surface area contributed by atoms with E-state index < -0.39 is 11.9 Å². The van der Waals surface area contributed by atoms with Crippen molar-refractivity contribution in [3.63, 3.8) is 0 Å². The Labute approximate surface area is 238 Å². The fourth-order valence-corrected chi connectivity index (χ4v) is 4.63. The van der Waals surface area contributed by atoms with Crippen molar-refractivity contribution >= 4 is 23.7 Å². The van der Waals surface area contributed by atoms with Crippen molar-refractivity contribution in [3.05, 3.63) is 0 Å². The van der Waals surface area contributed by atoms with Gasteiger partial charge in [0.15, 0.2) is 5.96 Å². The molecule has 0 aliphatic carbocycles. The summed E-state index contributed by atoms with van der Waals surface area (Å²) < 4.78 is 0. The first kappa shape index (κ1) is 36.7. The van der Waals surface area contributed by atoms with E-state index in [0.29, 0.717) is 38.8 Å². The zero-order chi connectivity index (χ0) is 29.0. The Morgan fingerprint density at radius 2 is 1.08 bits per heavy atom. The normalized spacial score (nSPS) is 11.6. The fraction of sp³-hybridized carbons (Fsp3) is 0.867. The first-order valence-electron chi connectivity index (χ1n) is 15.8. The summed E-state index contributed by atoms with van der Waals surface area (Å²) in [6, 6.07) is -0.749. The van der Waals surface area contributed by atoms with Crippen molar-refractivity contribution in [1.29, 1.82) is 0 Å². The summed E-state index contributed by atoms with van der Waals surface area (Å²) in [6.07, 6.45) is 24.6. The van der Waals surface area contributed by atoms with Crippen LogP contribution in [-0.2, 0) is 14.4 Å². The van der Waals surface area contributed by atoms with Crippen molar-refractivity contribution in [2.75, 3.05) is 13.1 Å². The summed E-state index contributed by atoms with van der Waals surface area (Å²) >= 11 is 0. The molecule has 8 N–H and O–H groups in total. The van der Waals surface area contributed by atoms with Crippen molar-refractivity contribution in [1.82, 2.24) is 10.6 Å². The Bertz CT molecular complexity index is 653. The molecule has 0 aliphatic rings. The van der Waals surface area contributed by atoms with Gasteiger partial charge in [-0.15, -0.1) is 0 Å². The van der Waals surface area contributed by atoms with Gasteiger partial charge in [-0.25, -0.2) is 0 Å². The molecule has 0 heterocycles. The third-order valence-electron chi connectivity index (χ3n) is 7.03. The molecule has 39 heavy (non-hydrogen) atoms. The van der Waals surface area contributed by atoms with E-state index in [0.717, 1.165) is 12.8 Å². The van der Waals surface area contributed by atoms with Gasteiger partial charge in [-0.1, -0.05) is 110 Å². The number of rotatable bonds is 28. The standard InChI is InChI=1S/C30H60N6O3/c1-2-3-4-5-6-7-8-9-10-11-12-13-14-15-16-17-18-22-27(37)34-24-20-23-28(38)36-26(29(31)39)21-19-25-35-30(32)33/h26H,2-25H2,1H3,(H2,31,39)(H,34,37)(H,36,38)(H4,32,33,35)/t26-/m0/s1. The van der Waals surface area contributed by atoms with Gasteiger partial charge in [0.2, 0.25) is 17.7 Å². The Morgan fingerprint density at radius 3 is 1.54 bits per heavy atom. The molecule has 9 heteroatoms. The quantitative estimate of drug-likeness (QED) is 0.0525. The zero-order valence-corrected chi connectivity index (χ0v) is 25.0. The Morgan fingerprint density at radius 1 is 0.615 bits per heavy atom. The first-order chi connectivity index (χ1) is 18.9. The number of carbonyl (C=O) groups excluding carboxylic acids is 3. The van der Waals surface area contributed by atoms with Crippen molar-refractivity contribution in [2.24, 2.45) is 22.2 Å². The third-order valence-corrected chi connectivity index (χ3v) is 7.03. The van der Waals surface area contributed by atoms with Gasteiger partial charge in [0.1, 0.15) is 6.04 Å². The number of unbranched alkanes of at least 4 members (excludes halogenated alkanes) is 16. The molecule has 0 rings (SSSR count). The number of primary amides is 1. The maximum atomic E-state index is 12.1. The van der Waals surface area contributed by atoms with E-state index in [1.165, 1.54) is 96.3 Å². The van der Waals surface area contributed by atoms with Crippen LogP contribution in [0.3, 0.4) is 0 Å². The fourth-order valence-electron chi connectivity index (χ4n) is 4.63. The lowest BCUT2D eigenvalue weighted by Crippen LogP contribution is -2.44. The van der Waals surface area contributed by atoms with E-state index in [9.17, 15) is 14.4 Å². The van der Waals surface area contributed by atoms with Crippen LogP contribution in [0.5, 0.6) is 0 Å². The van der Waals surface area contributed by atoms with Crippen LogP contribution in [0.15, 0.2) is 4.99 Å². The van der Waals surface area contributed by atoms with Gasteiger partial charge in [0.25, 0.3) is 0 Å². The molecule has 0 saturated heterocycles. The van der Waals surface area contributed by atoms with E-state index in [1.807, 2.05) is 0 Å². The zero-order valence-electron chi connectivity index (χ0n) is 25.0. The lowest BCUT2D eigenvalue weighted by atomic mass is 10.0. The minimum Gasteiger partial charge on any atom is -0.370 e. The van der Waals surface area contributed by atoms with Gasteiger partial charge in [0, 0.05) is 25.9 Å². The molecule has 0 aromatic heterocycles. The molecule has 0 saturated carbocycles. The van der Waals surface area contributed by atoms with Crippen LogP contribution in [0, 0.1) is 0 Å². The van der Waals surface area contributed by atoms with Gasteiger partial charge in [0.05, 0.1) is 0 Å². The third kappa shape index (κ3) is 27.1. The molecule has 0 aromatic rings. The SMILES string of the molecule is CCCCCCCCCCCCCCCCCCCC(=O)NCCCC(=O)N[C@@H](CCCN=C(N)N)C(N)=O. The molecule has 0 spiro atoms. The molecule has 0 unspecified atom stereocenters. The summed E-state index contributed by atoms with van der Waals surface area (Å²) in [5.41, 5.74) is 15.9. The van der Waals surface area contributed by atoms with Gasteiger partial charge < -0.3 is 27.8 Å². The highest BCUT2D eigenvalue weighted by atomic mass is 16.2. The second-order valence-electron chi connectivity index (χ2n) is 10.8. The minimum atomic E-state index is -0.749. The van der Waals surface area contributed by atoms with Gasteiger partial charge in [-0.2, -0.15) is 0 Å². The largest absolute Gasteiger partial charge is 0.370 e. The lowest BCUT2D eigenvalue weighted by Gasteiger charge is -2.15. The van der Waals surface area contributed by atoms with Crippen LogP contribution in [0.1, 0.15) is 148 Å². The number of nitrogens with two attached hydrogens (primary N) is 3. The average Bonchev–Trinajstić information content (AvgIpc) is 2.89. The predicted octanol–water partition coefficient (Wildman–Crippen LogP) is 4.95. The van der Waals surface area contributed by atoms with Gasteiger partial charge in [-0.3, -0.25) is 19.4 Å². The number of aliphatic imine (C=N–C) groups is 1. The number of hydrogen-bond acceptors (Lipinski definition) is 4. The topological polar surface area (TPSA) is 166 Å². The number of hydrogen-bond donors (Lipinski definition) is 5. The van der Waals surface area contributed by atoms with Gasteiger partial charge >= 0.3 is 0 Å². The molecule has 9 nitrogen and oxygen atoms in total. The van der Waals surface area contributed by atoms with Crippen LogP contribution >= 0.6 is 0 Å². The summed E-state index contributed by atoms with van der Waals surface area (Å²) in [4.78, 5) is 39.5. The van der Waals surface area contributed by atoms with Crippen LogP contribution in [0.2, 0.25) is 0 Å².